The Morgan fingerprint density at radius 1 is 1.25 bits per heavy atom. The predicted octanol–water partition coefficient (Wildman–Crippen LogP) is 2.42. The maximum atomic E-state index is 12.8. The van der Waals surface area contributed by atoms with Crippen LogP contribution >= 0.6 is 0 Å². The van der Waals surface area contributed by atoms with E-state index in [9.17, 15) is 13.6 Å². The molecule has 0 heterocycles. The molecule has 2 nitrogen and oxygen atoms in total. The normalized spacial score (nSPS) is 10.2. The van der Waals surface area contributed by atoms with E-state index in [0.29, 0.717) is 24.9 Å². The Bertz CT molecular complexity index is 346. The highest BCUT2D eigenvalue weighted by atomic mass is 19.1. The molecule has 1 N–H and O–H groups in total. The Hall–Kier alpha value is -1.45. The fourth-order valence-corrected chi connectivity index (χ4v) is 1.42. The van der Waals surface area contributed by atoms with E-state index in [1.165, 1.54) is 12.1 Å². The van der Waals surface area contributed by atoms with Crippen molar-refractivity contribution in [3.8, 4) is 0 Å². The molecule has 1 aromatic carbocycles. The monoisotopic (exact) mass is 227 g/mol. The van der Waals surface area contributed by atoms with Gasteiger partial charge in [0.2, 0.25) is 5.91 Å². The first-order valence-electron chi connectivity index (χ1n) is 5.33. The van der Waals surface area contributed by atoms with E-state index in [1.54, 1.807) is 0 Å². The van der Waals surface area contributed by atoms with Crippen molar-refractivity contribution in [3.05, 3.63) is 35.4 Å². The zero-order valence-corrected chi connectivity index (χ0v) is 9.22. The molecule has 4 heteroatoms. The molecule has 0 atom stereocenters. The van der Waals surface area contributed by atoms with Gasteiger partial charge in [0, 0.05) is 19.0 Å². The highest BCUT2D eigenvalue weighted by Gasteiger charge is 2.02. The standard InChI is InChI=1S/C12H15F2NO/c1-2-3-12(16)15-5-4-9-6-10(13)8-11(14)7-9/h6-8H,2-5H2,1H3,(H,15,16). The third kappa shape index (κ3) is 4.38. The van der Waals surface area contributed by atoms with Crippen LogP contribution in [0.4, 0.5) is 8.78 Å². The molecule has 0 saturated carbocycles. The first-order chi connectivity index (χ1) is 7.61. The smallest absolute Gasteiger partial charge is 0.219 e. The van der Waals surface area contributed by atoms with E-state index in [4.69, 9.17) is 0 Å². The molecule has 1 rings (SSSR count). The van der Waals surface area contributed by atoms with Crippen molar-refractivity contribution in [2.24, 2.45) is 0 Å². The molecule has 0 radical (unpaired) electrons. The third-order valence-corrected chi connectivity index (χ3v) is 2.14. The number of benzene rings is 1. The van der Waals surface area contributed by atoms with Crippen molar-refractivity contribution in [1.29, 1.82) is 0 Å². The Balaban J connectivity index is 2.40. The fraction of sp³-hybridized carbons (Fsp3) is 0.417. The lowest BCUT2D eigenvalue weighted by atomic mass is 10.1. The number of amides is 1. The minimum Gasteiger partial charge on any atom is -0.356 e. The van der Waals surface area contributed by atoms with E-state index in [2.05, 4.69) is 5.32 Å². The summed E-state index contributed by atoms with van der Waals surface area (Å²) in [5, 5.41) is 2.69. The zero-order chi connectivity index (χ0) is 12.0. The van der Waals surface area contributed by atoms with Gasteiger partial charge in [-0.1, -0.05) is 6.92 Å². The average Bonchev–Trinajstić information content (AvgIpc) is 2.16. The van der Waals surface area contributed by atoms with Crippen molar-refractivity contribution in [2.45, 2.75) is 26.2 Å². The molecule has 0 aromatic heterocycles. The van der Waals surface area contributed by atoms with Gasteiger partial charge in [-0.15, -0.1) is 0 Å². The summed E-state index contributed by atoms with van der Waals surface area (Å²) in [6.07, 6.45) is 1.71. The van der Waals surface area contributed by atoms with Crippen LogP contribution in [0.5, 0.6) is 0 Å². The lowest BCUT2D eigenvalue weighted by Crippen LogP contribution is -2.25. The number of rotatable bonds is 5. The minimum absolute atomic E-state index is 0.0284. The first-order valence-corrected chi connectivity index (χ1v) is 5.33. The molecular formula is C12H15F2NO. The van der Waals surface area contributed by atoms with Gasteiger partial charge in [-0.05, 0) is 30.5 Å². The molecule has 1 amide bonds. The van der Waals surface area contributed by atoms with Crippen LogP contribution in [-0.2, 0) is 11.2 Å². The predicted molar refractivity (Wildman–Crippen MR) is 58.0 cm³/mol. The second-order valence-electron chi connectivity index (χ2n) is 3.63. The van der Waals surface area contributed by atoms with Crippen LogP contribution in [-0.4, -0.2) is 12.5 Å². The first kappa shape index (κ1) is 12.6. The molecule has 16 heavy (non-hydrogen) atoms. The number of nitrogens with one attached hydrogen (secondary N) is 1. The topological polar surface area (TPSA) is 29.1 Å². The minimum atomic E-state index is -0.588. The molecule has 0 aliphatic carbocycles. The van der Waals surface area contributed by atoms with E-state index in [1.807, 2.05) is 6.92 Å². The second kappa shape index (κ2) is 6.20. The molecule has 0 unspecified atom stereocenters. The van der Waals surface area contributed by atoms with Gasteiger partial charge in [0.15, 0.2) is 0 Å². The van der Waals surface area contributed by atoms with Gasteiger partial charge >= 0.3 is 0 Å². The SMILES string of the molecule is CCCC(=O)NCCc1cc(F)cc(F)c1. The highest BCUT2D eigenvalue weighted by molar-refractivity contribution is 5.75. The number of carbonyl (C=O) groups is 1. The summed E-state index contributed by atoms with van der Waals surface area (Å²) >= 11 is 0. The van der Waals surface area contributed by atoms with E-state index < -0.39 is 11.6 Å². The molecule has 0 spiro atoms. The van der Waals surface area contributed by atoms with Crippen LogP contribution in [0.3, 0.4) is 0 Å². The van der Waals surface area contributed by atoms with Crippen LogP contribution in [0.2, 0.25) is 0 Å². The summed E-state index contributed by atoms with van der Waals surface area (Å²) in [5.41, 5.74) is 0.550. The van der Waals surface area contributed by atoms with Gasteiger partial charge in [0.05, 0.1) is 0 Å². The van der Waals surface area contributed by atoms with Gasteiger partial charge in [-0.25, -0.2) is 8.78 Å². The second-order valence-corrected chi connectivity index (χ2v) is 3.63. The molecule has 0 aliphatic heterocycles. The summed E-state index contributed by atoms with van der Waals surface area (Å²) in [5.74, 6) is -1.20. The van der Waals surface area contributed by atoms with E-state index in [-0.39, 0.29) is 5.91 Å². The van der Waals surface area contributed by atoms with Crippen LogP contribution in [0.15, 0.2) is 18.2 Å². The van der Waals surface area contributed by atoms with Crippen molar-refractivity contribution in [2.75, 3.05) is 6.54 Å². The van der Waals surface area contributed by atoms with Crippen LogP contribution in [0.1, 0.15) is 25.3 Å². The lowest BCUT2D eigenvalue weighted by molar-refractivity contribution is -0.121. The van der Waals surface area contributed by atoms with Crippen LogP contribution < -0.4 is 5.32 Å². The van der Waals surface area contributed by atoms with Gasteiger partial charge < -0.3 is 5.32 Å². The maximum Gasteiger partial charge on any atom is 0.219 e. The van der Waals surface area contributed by atoms with E-state index in [0.717, 1.165) is 12.5 Å². The van der Waals surface area contributed by atoms with Crippen molar-refractivity contribution in [1.82, 2.24) is 5.32 Å². The summed E-state index contributed by atoms with van der Waals surface area (Å²) < 4.78 is 25.6. The number of hydrogen-bond donors (Lipinski definition) is 1. The molecule has 0 aliphatic rings. The number of halogens is 2. The largest absolute Gasteiger partial charge is 0.356 e. The molecular weight excluding hydrogens is 212 g/mol. The molecule has 0 saturated heterocycles. The molecule has 0 bridgehead atoms. The Morgan fingerprint density at radius 3 is 2.44 bits per heavy atom. The number of hydrogen-bond acceptors (Lipinski definition) is 1. The molecule has 0 fully saturated rings. The quantitative estimate of drug-likeness (QED) is 0.822. The maximum absolute atomic E-state index is 12.8. The van der Waals surface area contributed by atoms with Gasteiger partial charge in [-0.3, -0.25) is 4.79 Å². The number of carbonyl (C=O) groups excluding carboxylic acids is 1. The Morgan fingerprint density at radius 2 is 1.88 bits per heavy atom. The van der Waals surface area contributed by atoms with Crippen LogP contribution in [0.25, 0.3) is 0 Å². The van der Waals surface area contributed by atoms with Crippen molar-refractivity contribution in [3.63, 3.8) is 0 Å². The molecule has 1 aromatic rings. The average molecular weight is 227 g/mol. The summed E-state index contributed by atoms with van der Waals surface area (Å²) in [7, 11) is 0. The fourth-order valence-electron chi connectivity index (χ4n) is 1.42. The highest BCUT2D eigenvalue weighted by Crippen LogP contribution is 2.08. The van der Waals surface area contributed by atoms with Crippen molar-refractivity contribution < 1.29 is 13.6 Å². The van der Waals surface area contributed by atoms with Gasteiger partial charge in [0.1, 0.15) is 11.6 Å². The van der Waals surface area contributed by atoms with E-state index >= 15 is 0 Å². The Labute approximate surface area is 93.7 Å². The lowest BCUT2D eigenvalue weighted by Gasteiger charge is -2.04. The summed E-state index contributed by atoms with van der Waals surface area (Å²) in [6.45, 7) is 2.32. The van der Waals surface area contributed by atoms with Gasteiger partial charge in [-0.2, -0.15) is 0 Å². The third-order valence-electron chi connectivity index (χ3n) is 2.14. The van der Waals surface area contributed by atoms with Gasteiger partial charge in [0.25, 0.3) is 0 Å². The zero-order valence-electron chi connectivity index (χ0n) is 9.22. The van der Waals surface area contributed by atoms with Crippen LogP contribution in [0, 0.1) is 11.6 Å². The summed E-state index contributed by atoms with van der Waals surface area (Å²) in [4.78, 5) is 11.1. The molecule has 88 valence electrons. The summed E-state index contributed by atoms with van der Waals surface area (Å²) in [6, 6.07) is 3.38. The Kier molecular flexibility index (Phi) is 4.89. The van der Waals surface area contributed by atoms with Crippen molar-refractivity contribution >= 4 is 5.91 Å².